The second kappa shape index (κ2) is 11.8. The van der Waals surface area contributed by atoms with Gasteiger partial charge in [0.05, 0.1) is 17.3 Å². The van der Waals surface area contributed by atoms with Crippen LogP contribution in [0.5, 0.6) is 0 Å². The smallest absolute Gasteiger partial charge is 0.286 e. The van der Waals surface area contributed by atoms with Crippen LogP contribution in [-0.4, -0.2) is 44.9 Å². The topological polar surface area (TPSA) is 80.4 Å². The fraction of sp³-hybridized carbons (Fsp3) is 0.552. The summed E-state index contributed by atoms with van der Waals surface area (Å²) in [6.07, 6.45) is 14.9. The maximum Gasteiger partial charge on any atom is 0.286 e. The van der Waals surface area contributed by atoms with Gasteiger partial charge in [0.1, 0.15) is 12.4 Å². The molecular weight excluding hydrogens is 452 g/mol. The maximum atomic E-state index is 14.0. The van der Waals surface area contributed by atoms with Gasteiger partial charge in [-0.15, -0.1) is 0 Å². The third-order valence-electron chi connectivity index (χ3n) is 7.86. The van der Waals surface area contributed by atoms with E-state index in [1.807, 2.05) is 18.2 Å². The number of hydrogen-bond acceptors (Lipinski definition) is 4. The van der Waals surface area contributed by atoms with Crippen LogP contribution >= 0.6 is 0 Å². The number of nitrogens with zero attached hydrogens (tertiary/aromatic N) is 3. The minimum Gasteiger partial charge on any atom is -0.459 e. The molecule has 5 rings (SSSR count). The molecule has 3 aromatic rings. The third-order valence-corrected chi connectivity index (χ3v) is 7.86. The Labute approximate surface area is 213 Å². The van der Waals surface area contributed by atoms with Crippen molar-refractivity contribution in [3.63, 3.8) is 0 Å². The summed E-state index contributed by atoms with van der Waals surface area (Å²) >= 11 is 0. The Hall–Kier alpha value is -3.09. The highest BCUT2D eigenvalue weighted by Crippen LogP contribution is 2.31. The van der Waals surface area contributed by atoms with Crippen molar-refractivity contribution in [2.24, 2.45) is 0 Å². The number of aromatic nitrogens is 2. The lowest BCUT2D eigenvalue weighted by Gasteiger charge is -2.42. The van der Waals surface area contributed by atoms with Crippen molar-refractivity contribution in [3.8, 4) is 0 Å². The Balaban J connectivity index is 1.31. The fourth-order valence-corrected chi connectivity index (χ4v) is 6.08. The van der Waals surface area contributed by atoms with E-state index in [1.54, 1.807) is 12.1 Å². The highest BCUT2D eigenvalue weighted by molar-refractivity contribution is 5.91. The van der Waals surface area contributed by atoms with Crippen molar-refractivity contribution in [1.29, 1.82) is 0 Å². The standard InChI is InChI=1S/C29H38N4O3/c34-28(33(22-11-3-1-4-12-22)23-13-5-2-6-14-23)21-32-25-16-8-7-15-24(25)31-27(32)18-9-19-30-29(35)26-17-10-20-36-26/h7-8,10,15-17,20,22-23H,1-6,9,11-14,18-19,21H2,(H,30,35). The van der Waals surface area contributed by atoms with Crippen molar-refractivity contribution in [2.75, 3.05) is 6.54 Å². The Morgan fingerprint density at radius 1 is 0.944 bits per heavy atom. The number of amides is 2. The van der Waals surface area contributed by atoms with Crippen LogP contribution in [-0.2, 0) is 17.8 Å². The Morgan fingerprint density at radius 3 is 2.31 bits per heavy atom. The molecule has 2 aliphatic rings. The number of imidazole rings is 1. The lowest BCUT2D eigenvalue weighted by atomic mass is 9.88. The molecule has 0 aliphatic heterocycles. The average Bonchev–Trinajstić information content (AvgIpc) is 3.57. The average molecular weight is 491 g/mol. The Morgan fingerprint density at radius 2 is 1.64 bits per heavy atom. The van der Waals surface area contributed by atoms with Crippen LogP contribution in [0, 0.1) is 0 Å². The van der Waals surface area contributed by atoms with E-state index in [-0.39, 0.29) is 11.8 Å². The van der Waals surface area contributed by atoms with E-state index in [0.29, 0.717) is 37.4 Å². The number of aryl methyl sites for hydroxylation is 1. The van der Waals surface area contributed by atoms with Crippen molar-refractivity contribution in [1.82, 2.24) is 19.8 Å². The van der Waals surface area contributed by atoms with E-state index < -0.39 is 0 Å². The summed E-state index contributed by atoms with van der Waals surface area (Å²) in [5.74, 6) is 1.26. The summed E-state index contributed by atoms with van der Waals surface area (Å²) < 4.78 is 7.28. The van der Waals surface area contributed by atoms with E-state index >= 15 is 0 Å². The highest BCUT2D eigenvalue weighted by atomic mass is 16.3. The Bertz CT molecular complexity index is 1120. The maximum absolute atomic E-state index is 14.0. The number of carbonyl (C=O) groups excluding carboxylic acids is 2. The van der Waals surface area contributed by atoms with Gasteiger partial charge in [-0.3, -0.25) is 9.59 Å². The molecule has 192 valence electrons. The molecule has 2 heterocycles. The first kappa shape index (κ1) is 24.6. The molecule has 1 aromatic carbocycles. The quantitative estimate of drug-likeness (QED) is 0.403. The first-order valence-electron chi connectivity index (χ1n) is 13.8. The number of carbonyl (C=O) groups is 2. The monoisotopic (exact) mass is 490 g/mol. The summed E-state index contributed by atoms with van der Waals surface area (Å²) in [6, 6.07) is 12.2. The van der Waals surface area contributed by atoms with Gasteiger partial charge >= 0.3 is 0 Å². The molecule has 0 spiro atoms. The van der Waals surface area contributed by atoms with Gasteiger partial charge in [-0.05, 0) is 56.4 Å². The van der Waals surface area contributed by atoms with Crippen molar-refractivity contribution >= 4 is 22.8 Å². The number of fused-ring (bicyclic) bond motifs is 1. The second-order valence-electron chi connectivity index (χ2n) is 10.3. The first-order valence-corrected chi connectivity index (χ1v) is 13.8. The number of rotatable bonds is 9. The van der Waals surface area contributed by atoms with E-state index in [4.69, 9.17) is 9.40 Å². The van der Waals surface area contributed by atoms with E-state index in [2.05, 4.69) is 20.9 Å². The predicted octanol–water partition coefficient (Wildman–Crippen LogP) is 5.49. The van der Waals surface area contributed by atoms with Gasteiger partial charge in [-0.1, -0.05) is 50.7 Å². The summed E-state index contributed by atoms with van der Waals surface area (Å²) in [5.41, 5.74) is 1.93. The summed E-state index contributed by atoms with van der Waals surface area (Å²) in [6.45, 7) is 0.856. The zero-order valence-electron chi connectivity index (χ0n) is 21.2. The van der Waals surface area contributed by atoms with Crippen LogP contribution in [0.3, 0.4) is 0 Å². The summed E-state index contributed by atoms with van der Waals surface area (Å²) in [7, 11) is 0. The molecular formula is C29H38N4O3. The number of para-hydroxylation sites is 2. The first-order chi connectivity index (χ1) is 17.7. The minimum atomic E-state index is -0.209. The second-order valence-corrected chi connectivity index (χ2v) is 10.3. The molecule has 2 amide bonds. The molecule has 0 radical (unpaired) electrons. The largest absolute Gasteiger partial charge is 0.459 e. The van der Waals surface area contributed by atoms with E-state index in [0.717, 1.165) is 49.0 Å². The SMILES string of the molecule is O=C(NCCCc1nc2ccccc2n1CC(=O)N(C1CCCCC1)C1CCCCC1)c1ccco1. The zero-order valence-corrected chi connectivity index (χ0v) is 21.2. The number of hydrogen-bond donors (Lipinski definition) is 1. The normalized spacial score (nSPS) is 17.3. The molecule has 0 atom stereocenters. The molecule has 7 nitrogen and oxygen atoms in total. The fourth-order valence-electron chi connectivity index (χ4n) is 6.08. The van der Waals surface area contributed by atoms with Crippen molar-refractivity contribution in [3.05, 3.63) is 54.2 Å². The van der Waals surface area contributed by atoms with Crippen LogP contribution in [0.1, 0.15) is 87.0 Å². The van der Waals surface area contributed by atoms with Gasteiger partial charge in [0, 0.05) is 25.0 Å². The molecule has 2 aliphatic carbocycles. The molecule has 2 fully saturated rings. The summed E-state index contributed by atoms with van der Waals surface area (Å²) in [4.78, 5) is 33.3. The van der Waals surface area contributed by atoms with Gasteiger partial charge in [-0.2, -0.15) is 0 Å². The zero-order chi connectivity index (χ0) is 24.7. The van der Waals surface area contributed by atoms with Gasteiger partial charge in [0.15, 0.2) is 5.76 Å². The molecule has 2 saturated carbocycles. The third kappa shape index (κ3) is 5.66. The van der Waals surface area contributed by atoms with E-state index in [9.17, 15) is 9.59 Å². The predicted molar refractivity (Wildman–Crippen MR) is 140 cm³/mol. The Kier molecular flexibility index (Phi) is 8.04. The van der Waals surface area contributed by atoms with Crippen LogP contribution in [0.2, 0.25) is 0 Å². The van der Waals surface area contributed by atoms with Crippen LogP contribution in [0.4, 0.5) is 0 Å². The highest BCUT2D eigenvalue weighted by Gasteiger charge is 2.33. The number of furan rings is 1. The van der Waals surface area contributed by atoms with Crippen molar-refractivity contribution < 1.29 is 14.0 Å². The van der Waals surface area contributed by atoms with Gasteiger partial charge in [-0.25, -0.2) is 4.98 Å². The lowest BCUT2D eigenvalue weighted by molar-refractivity contribution is -0.138. The molecule has 0 saturated heterocycles. The summed E-state index contributed by atoms with van der Waals surface area (Å²) in [5, 5.41) is 2.91. The van der Waals surface area contributed by atoms with Crippen molar-refractivity contribution in [2.45, 2.75) is 95.7 Å². The molecule has 36 heavy (non-hydrogen) atoms. The molecule has 1 N–H and O–H groups in total. The minimum absolute atomic E-state index is 0.209. The number of nitrogens with one attached hydrogen (secondary N) is 1. The molecule has 0 bridgehead atoms. The van der Waals surface area contributed by atoms with E-state index in [1.165, 1.54) is 44.8 Å². The van der Waals surface area contributed by atoms with Gasteiger partial charge < -0.3 is 19.2 Å². The van der Waals surface area contributed by atoms with Crippen LogP contribution in [0.15, 0.2) is 47.1 Å². The molecule has 0 unspecified atom stereocenters. The van der Waals surface area contributed by atoms with Crippen LogP contribution in [0.25, 0.3) is 11.0 Å². The molecule has 7 heteroatoms. The number of benzene rings is 1. The van der Waals surface area contributed by atoms with Gasteiger partial charge in [0.25, 0.3) is 5.91 Å². The molecule has 2 aromatic heterocycles. The van der Waals surface area contributed by atoms with Gasteiger partial charge in [0.2, 0.25) is 5.91 Å². The lowest BCUT2D eigenvalue weighted by Crippen LogP contribution is -2.50. The van der Waals surface area contributed by atoms with Crippen LogP contribution < -0.4 is 5.32 Å².